The van der Waals surface area contributed by atoms with Crippen LogP contribution in [0.1, 0.15) is 13.8 Å². The van der Waals surface area contributed by atoms with Gasteiger partial charge in [-0.3, -0.25) is 19.8 Å². The minimum atomic E-state index is -0.388. The van der Waals surface area contributed by atoms with Crippen LogP contribution in [0.5, 0.6) is 0 Å². The maximum Gasteiger partial charge on any atom is 0.269 e. The van der Waals surface area contributed by atoms with Gasteiger partial charge in [0.2, 0.25) is 5.91 Å². The Morgan fingerprint density at radius 1 is 1.12 bits per heavy atom. The number of nitro benzene ring substituents is 1. The van der Waals surface area contributed by atoms with E-state index in [1.807, 2.05) is 18.7 Å². The Hall–Kier alpha value is -2.19. The lowest BCUT2D eigenvalue weighted by atomic mass is 10.2. The molecule has 2 aliphatic heterocycles. The van der Waals surface area contributed by atoms with Crippen LogP contribution in [0, 0.1) is 10.1 Å². The largest absolute Gasteiger partial charge is 0.372 e. The van der Waals surface area contributed by atoms with Gasteiger partial charge in [0, 0.05) is 57.1 Å². The summed E-state index contributed by atoms with van der Waals surface area (Å²) in [7, 11) is 0. The van der Waals surface area contributed by atoms with Crippen molar-refractivity contribution >= 4 is 17.3 Å². The number of non-ortho nitro benzene ring substituents is 1. The molecule has 2 aliphatic rings. The number of rotatable bonds is 4. The maximum atomic E-state index is 12.6. The van der Waals surface area contributed by atoms with Gasteiger partial charge in [-0.05, 0) is 26.0 Å². The highest BCUT2D eigenvalue weighted by atomic mass is 16.6. The monoisotopic (exact) mass is 362 g/mol. The summed E-state index contributed by atoms with van der Waals surface area (Å²) in [5, 5.41) is 10.7. The van der Waals surface area contributed by atoms with E-state index in [-0.39, 0.29) is 28.7 Å². The van der Waals surface area contributed by atoms with Crippen LogP contribution in [-0.2, 0) is 9.53 Å². The second-order valence-corrected chi connectivity index (χ2v) is 7.09. The van der Waals surface area contributed by atoms with E-state index in [0.717, 1.165) is 31.9 Å². The molecule has 142 valence electrons. The molecule has 1 aromatic carbocycles. The fourth-order valence-electron chi connectivity index (χ4n) is 3.62. The number of carbonyl (C=O) groups excluding carboxylic acids is 1. The number of nitrogens with zero attached hydrogens (tertiary/aromatic N) is 4. The fraction of sp³-hybridized carbons (Fsp3) is 0.611. The molecule has 1 aromatic rings. The van der Waals surface area contributed by atoms with Crippen LogP contribution in [0.15, 0.2) is 24.3 Å². The standard InChI is InChI=1S/C18H26N4O4/c1-14-11-21(12-15(2)26-14)18(23)13-19-7-9-20(10-8-19)16-3-5-17(6-4-16)22(24)25/h3-6,14-15H,7-13H2,1-2H3/t14-,15+. The maximum absolute atomic E-state index is 12.6. The first-order valence-electron chi connectivity index (χ1n) is 9.07. The summed E-state index contributed by atoms with van der Waals surface area (Å²) in [6.45, 7) is 8.97. The number of ether oxygens (including phenoxy) is 1. The van der Waals surface area contributed by atoms with Crippen molar-refractivity contribution < 1.29 is 14.5 Å². The van der Waals surface area contributed by atoms with Crippen molar-refractivity contribution in [3.05, 3.63) is 34.4 Å². The van der Waals surface area contributed by atoms with Crippen molar-refractivity contribution in [3.8, 4) is 0 Å². The fourth-order valence-corrected chi connectivity index (χ4v) is 3.62. The molecule has 8 nitrogen and oxygen atoms in total. The molecule has 1 amide bonds. The van der Waals surface area contributed by atoms with Gasteiger partial charge in [0.25, 0.3) is 5.69 Å². The molecule has 0 aromatic heterocycles. The molecular formula is C18H26N4O4. The van der Waals surface area contributed by atoms with E-state index in [4.69, 9.17) is 4.74 Å². The summed E-state index contributed by atoms with van der Waals surface area (Å²) in [6.07, 6.45) is 0.170. The molecule has 3 rings (SSSR count). The summed E-state index contributed by atoms with van der Waals surface area (Å²) < 4.78 is 5.69. The number of morpholine rings is 1. The Morgan fingerprint density at radius 3 is 2.23 bits per heavy atom. The number of benzene rings is 1. The van der Waals surface area contributed by atoms with Gasteiger partial charge in [-0.1, -0.05) is 0 Å². The van der Waals surface area contributed by atoms with Crippen LogP contribution in [0.3, 0.4) is 0 Å². The van der Waals surface area contributed by atoms with Crippen molar-refractivity contribution in [1.82, 2.24) is 9.80 Å². The predicted octanol–water partition coefficient (Wildman–Crippen LogP) is 1.35. The highest BCUT2D eigenvalue weighted by Crippen LogP contribution is 2.20. The molecule has 2 saturated heterocycles. The molecule has 8 heteroatoms. The topological polar surface area (TPSA) is 79.2 Å². The van der Waals surface area contributed by atoms with Gasteiger partial charge in [-0.15, -0.1) is 0 Å². The predicted molar refractivity (Wildman–Crippen MR) is 98.3 cm³/mol. The van der Waals surface area contributed by atoms with Gasteiger partial charge in [0.15, 0.2) is 0 Å². The van der Waals surface area contributed by atoms with Gasteiger partial charge in [-0.25, -0.2) is 0 Å². The van der Waals surface area contributed by atoms with Gasteiger partial charge < -0.3 is 14.5 Å². The van der Waals surface area contributed by atoms with E-state index < -0.39 is 0 Å². The highest BCUT2D eigenvalue weighted by Gasteiger charge is 2.28. The number of nitro groups is 1. The summed E-state index contributed by atoms with van der Waals surface area (Å²) in [6, 6.07) is 6.64. The van der Waals surface area contributed by atoms with Crippen molar-refractivity contribution in [2.24, 2.45) is 0 Å². The number of piperazine rings is 1. The van der Waals surface area contributed by atoms with E-state index >= 15 is 0 Å². The number of hydrogen-bond donors (Lipinski definition) is 0. The third-order valence-corrected chi connectivity index (χ3v) is 4.93. The minimum Gasteiger partial charge on any atom is -0.372 e. The Kier molecular flexibility index (Phi) is 5.73. The van der Waals surface area contributed by atoms with Gasteiger partial charge in [0.05, 0.1) is 23.7 Å². The Balaban J connectivity index is 1.49. The van der Waals surface area contributed by atoms with E-state index in [9.17, 15) is 14.9 Å². The zero-order chi connectivity index (χ0) is 18.7. The quantitative estimate of drug-likeness (QED) is 0.594. The van der Waals surface area contributed by atoms with E-state index in [1.165, 1.54) is 12.1 Å². The lowest BCUT2D eigenvalue weighted by molar-refractivity contribution is -0.384. The van der Waals surface area contributed by atoms with Crippen LogP contribution < -0.4 is 4.90 Å². The first-order chi connectivity index (χ1) is 12.4. The third-order valence-electron chi connectivity index (χ3n) is 4.93. The average molecular weight is 362 g/mol. The Bertz CT molecular complexity index is 633. The van der Waals surface area contributed by atoms with Crippen molar-refractivity contribution in [2.45, 2.75) is 26.1 Å². The molecular weight excluding hydrogens is 336 g/mol. The summed E-state index contributed by atoms with van der Waals surface area (Å²) in [5.41, 5.74) is 1.09. The van der Waals surface area contributed by atoms with Crippen LogP contribution in [0.2, 0.25) is 0 Å². The first-order valence-corrected chi connectivity index (χ1v) is 9.07. The number of anilines is 1. The molecule has 0 aliphatic carbocycles. The highest BCUT2D eigenvalue weighted by molar-refractivity contribution is 5.78. The second kappa shape index (κ2) is 8.01. The van der Waals surface area contributed by atoms with Crippen molar-refractivity contribution in [1.29, 1.82) is 0 Å². The third kappa shape index (κ3) is 4.50. The molecule has 0 spiro atoms. The Morgan fingerprint density at radius 2 is 1.69 bits per heavy atom. The number of carbonyl (C=O) groups is 1. The van der Waals surface area contributed by atoms with E-state index in [2.05, 4.69) is 9.80 Å². The van der Waals surface area contributed by atoms with Gasteiger partial charge in [0.1, 0.15) is 0 Å². The molecule has 0 saturated carbocycles. The summed E-state index contributed by atoms with van der Waals surface area (Å²) in [5.74, 6) is 0.163. The normalized spacial score (nSPS) is 24.5. The average Bonchev–Trinajstić information content (AvgIpc) is 2.61. The zero-order valence-electron chi connectivity index (χ0n) is 15.3. The Labute approximate surface area is 153 Å². The van der Waals surface area contributed by atoms with Crippen LogP contribution >= 0.6 is 0 Å². The summed E-state index contributed by atoms with van der Waals surface area (Å²) in [4.78, 5) is 29.2. The molecule has 0 unspecified atom stereocenters. The number of hydrogen-bond acceptors (Lipinski definition) is 6. The van der Waals surface area contributed by atoms with Crippen molar-refractivity contribution in [3.63, 3.8) is 0 Å². The van der Waals surface area contributed by atoms with Crippen LogP contribution in [-0.4, -0.2) is 78.7 Å². The van der Waals surface area contributed by atoms with Crippen LogP contribution in [0.25, 0.3) is 0 Å². The van der Waals surface area contributed by atoms with E-state index in [0.29, 0.717) is 19.6 Å². The van der Waals surface area contributed by atoms with Gasteiger partial charge in [-0.2, -0.15) is 0 Å². The zero-order valence-corrected chi connectivity index (χ0v) is 15.3. The molecule has 0 radical (unpaired) electrons. The minimum absolute atomic E-state index is 0.0849. The lowest BCUT2D eigenvalue weighted by Gasteiger charge is -2.39. The molecule has 26 heavy (non-hydrogen) atoms. The SMILES string of the molecule is C[C@@H]1CN(C(=O)CN2CCN(c3ccc([N+](=O)[O-])cc3)CC2)C[C@H](C)O1. The lowest BCUT2D eigenvalue weighted by Crippen LogP contribution is -2.53. The number of amides is 1. The molecule has 2 atom stereocenters. The summed E-state index contributed by atoms with van der Waals surface area (Å²) >= 11 is 0. The molecule has 2 heterocycles. The van der Waals surface area contributed by atoms with Crippen LogP contribution in [0.4, 0.5) is 11.4 Å². The van der Waals surface area contributed by atoms with Gasteiger partial charge >= 0.3 is 0 Å². The first kappa shape index (κ1) is 18.6. The van der Waals surface area contributed by atoms with Crippen molar-refractivity contribution in [2.75, 3.05) is 50.7 Å². The molecule has 0 N–H and O–H groups in total. The molecule has 2 fully saturated rings. The molecule has 0 bridgehead atoms. The second-order valence-electron chi connectivity index (χ2n) is 7.09. The van der Waals surface area contributed by atoms with E-state index in [1.54, 1.807) is 12.1 Å². The smallest absolute Gasteiger partial charge is 0.269 e.